The molecule has 3 aromatic rings. The van der Waals surface area contributed by atoms with Crippen LogP contribution in [0.4, 0.5) is 5.69 Å². The van der Waals surface area contributed by atoms with Crippen molar-refractivity contribution in [1.29, 1.82) is 0 Å². The fraction of sp³-hybridized carbons (Fsp3) is 0.286. The first kappa shape index (κ1) is 16.2. The van der Waals surface area contributed by atoms with Crippen molar-refractivity contribution in [2.45, 2.75) is 32.6 Å². The lowest BCUT2D eigenvalue weighted by molar-refractivity contribution is 0.448. The third-order valence-electron chi connectivity index (χ3n) is 5.21. The molecule has 0 aliphatic heterocycles. The van der Waals surface area contributed by atoms with Crippen LogP contribution in [0.5, 0.6) is 0 Å². The van der Waals surface area contributed by atoms with E-state index in [1.807, 2.05) is 24.3 Å². The highest BCUT2D eigenvalue weighted by atomic mass is 32.1. The van der Waals surface area contributed by atoms with Crippen LogP contribution in [0, 0.1) is 10.8 Å². The summed E-state index contributed by atoms with van der Waals surface area (Å²) in [7, 11) is 0. The zero-order valence-corrected chi connectivity index (χ0v) is 14.9. The molecule has 0 N–H and O–H groups in total. The molecule has 4 rings (SSSR count). The Kier molecular flexibility index (Phi) is 4.22. The molecule has 0 spiro atoms. The highest BCUT2D eigenvalue weighted by Gasteiger charge is 2.21. The highest BCUT2D eigenvalue weighted by Crippen LogP contribution is 2.34. The molecule has 1 atom stereocenters. The van der Waals surface area contributed by atoms with Crippen LogP contribution in [0.1, 0.15) is 30.2 Å². The molecule has 0 saturated carbocycles. The molecule has 3 nitrogen and oxygen atoms in total. The van der Waals surface area contributed by atoms with Gasteiger partial charge in [0.2, 0.25) is 0 Å². The predicted octanol–water partition coefficient (Wildman–Crippen LogP) is 5.84. The lowest BCUT2D eigenvalue weighted by Gasteiger charge is -2.22. The van der Waals surface area contributed by atoms with Gasteiger partial charge in [0, 0.05) is 20.5 Å². The van der Waals surface area contributed by atoms with Gasteiger partial charge in [-0.2, -0.15) is 0 Å². The second-order valence-corrected chi connectivity index (χ2v) is 7.84. The van der Waals surface area contributed by atoms with Crippen LogP contribution in [0.25, 0.3) is 21.2 Å². The molecule has 1 heterocycles. The Hall–Kier alpha value is -2.33. The molecule has 126 valence electrons. The molecule has 1 aliphatic rings. The van der Waals surface area contributed by atoms with Crippen molar-refractivity contribution in [2.75, 3.05) is 0 Å². The van der Waals surface area contributed by atoms with E-state index in [2.05, 4.69) is 18.2 Å². The fourth-order valence-corrected chi connectivity index (χ4v) is 5.04. The van der Waals surface area contributed by atoms with Crippen LogP contribution in [-0.4, -0.2) is 0 Å². The SMILES string of the molecule is CCC1CCc2c(sc3cc(-c4cccc(N=O)c4)ccc3c2=O)C1. The van der Waals surface area contributed by atoms with Gasteiger partial charge in [-0.1, -0.05) is 31.5 Å². The highest BCUT2D eigenvalue weighted by molar-refractivity contribution is 7.18. The number of hydrogen-bond acceptors (Lipinski definition) is 4. The Bertz CT molecular complexity index is 1020. The second kappa shape index (κ2) is 6.52. The first-order chi connectivity index (χ1) is 12.2. The lowest BCUT2D eigenvalue weighted by Crippen LogP contribution is -2.20. The standard InChI is InChI=1S/C21H19NO2S/c1-2-13-6-8-17-19(10-13)25-20-12-15(7-9-18(20)21(17)23)14-4-3-5-16(11-14)22-24/h3-5,7,9,11-13H,2,6,8,10H2,1H3. The quantitative estimate of drug-likeness (QED) is 0.558. The summed E-state index contributed by atoms with van der Waals surface area (Å²) in [6.07, 6.45) is 4.23. The van der Waals surface area contributed by atoms with Crippen molar-refractivity contribution in [3.05, 3.63) is 68.0 Å². The Morgan fingerprint density at radius 3 is 2.80 bits per heavy atom. The molecule has 1 aliphatic carbocycles. The van der Waals surface area contributed by atoms with Crippen molar-refractivity contribution in [2.24, 2.45) is 11.1 Å². The van der Waals surface area contributed by atoms with E-state index in [1.165, 1.54) is 11.3 Å². The second-order valence-electron chi connectivity index (χ2n) is 6.70. The van der Waals surface area contributed by atoms with Crippen LogP contribution >= 0.6 is 11.3 Å². The molecule has 0 saturated heterocycles. The van der Waals surface area contributed by atoms with E-state index < -0.39 is 0 Å². The number of rotatable bonds is 3. The lowest BCUT2D eigenvalue weighted by atomic mass is 9.86. The van der Waals surface area contributed by atoms with Crippen LogP contribution < -0.4 is 5.43 Å². The van der Waals surface area contributed by atoms with Crippen molar-refractivity contribution in [3.8, 4) is 11.1 Å². The smallest absolute Gasteiger partial charge is 0.191 e. The van der Waals surface area contributed by atoms with E-state index in [1.54, 1.807) is 23.5 Å². The van der Waals surface area contributed by atoms with E-state index in [9.17, 15) is 9.70 Å². The molecule has 0 bridgehead atoms. The van der Waals surface area contributed by atoms with Gasteiger partial charge in [0.25, 0.3) is 0 Å². The Morgan fingerprint density at radius 2 is 2.00 bits per heavy atom. The van der Waals surface area contributed by atoms with Gasteiger partial charge in [-0.25, -0.2) is 0 Å². The molecule has 0 amide bonds. The van der Waals surface area contributed by atoms with Gasteiger partial charge < -0.3 is 0 Å². The molecule has 1 aromatic heterocycles. The van der Waals surface area contributed by atoms with E-state index in [-0.39, 0.29) is 5.43 Å². The Labute approximate surface area is 150 Å². The molecule has 4 heteroatoms. The number of nitrogens with zero attached hydrogens (tertiary/aromatic N) is 1. The van der Waals surface area contributed by atoms with Crippen LogP contribution in [0.15, 0.2) is 52.4 Å². The minimum Gasteiger partial charge on any atom is -0.289 e. The van der Waals surface area contributed by atoms with Crippen molar-refractivity contribution in [1.82, 2.24) is 0 Å². The molecule has 2 aromatic carbocycles. The number of nitroso groups, excluding NO2 is 1. The van der Waals surface area contributed by atoms with E-state index >= 15 is 0 Å². The molecular formula is C21H19NO2S. The topological polar surface area (TPSA) is 46.5 Å². The molecule has 0 radical (unpaired) electrons. The maximum Gasteiger partial charge on any atom is 0.191 e. The molecule has 0 fully saturated rings. The van der Waals surface area contributed by atoms with Gasteiger partial charge >= 0.3 is 0 Å². The fourth-order valence-electron chi connectivity index (χ4n) is 3.68. The largest absolute Gasteiger partial charge is 0.289 e. The minimum atomic E-state index is 0.202. The Morgan fingerprint density at radius 1 is 1.16 bits per heavy atom. The summed E-state index contributed by atoms with van der Waals surface area (Å²) in [6, 6.07) is 13.2. The number of fused-ring (bicyclic) bond motifs is 2. The average Bonchev–Trinajstić information content (AvgIpc) is 2.67. The minimum absolute atomic E-state index is 0.202. The summed E-state index contributed by atoms with van der Waals surface area (Å²) in [5.41, 5.74) is 3.61. The summed E-state index contributed by atoms with van der Waals surface area (Å²) in [4.78, 5) is 24.9. The maximum atomic E-state index is 12.9. The number of hydrogen-bond donors (Lipinski definition) is 0. The van der Waals surface area contributed by atoms with Crippen LogP contribution in [0.3, 0.4) is 0 Å². The summed E-state index contributed by atoms with van der Waals surface area (Å²) in [6.45, 7) is 2.23. The molecule has 1 unspecified atom stereocenters. The zero-order chi connectivity index (χ0) is 17.4. The predicted molar refractivity (Wildman–Crippen MR) is 105 cm³/mol. The van der Waals surface area contributed by atoms with Gasteiger partial charge in [-0.15, -0.1) is 16.2 Å². The summed E-state index contributed by atoms with van der Waals surface area (Å²) in [5, 5.41) is 3.82. The van der Waals surface area contributed by atoms with Gasteiger partial charge in [0.05, 0.1) is 0 Å². The molecular weight excluding hydrogens is 330 g/mol. The first-order valence-corrected chi connectivity index (χ1v) is 9.53. The van der Waals surface area contributed by atoms with E-state index in [4.69, 9.17) is 0 Å². The van der Waals surface area contributed by atoms with Crippen LogP contribution in [0.2, 0.25) is 0 Å². The van der Waals surface area contributed by atoms with Crippen LogP contribution in [-0.2, 0) is 12.8 Å². The Balaban J connectivity index is 1.85. The normalized spacial score (nSPS) is 16.6. The van der Waals surface area contributed by atoms with E-state index in [0.717, 1.165) is 46.0 Å². The van der Waals surface area contributed by atoms with Crippen molar-refractivity contribution >= 4 is 27.1 Å². The van der Waals surface area contributed by atoms with E-state index in [0.29, 0.717) is 11.6 Å². The zero-order valence-electron chi connectivity index (χ0n) is 14.1. The van der Waals surface area contributed by atoms with Gasteiger partial charge in [-0.3, -0.25) is 4.79 Å². The number of benzene rings is 2. The van der Waals surface area contributed by atoms with Crippen molar-refractivity contribution in [3.63, 3.8) is 0 Å². The van der Waals surface area contributed by atoms with Gasteiger partial charge in [-0.05, 0) is 65.7 Å². The van der Waals surface area contributed by atoms with Gasteiger partial charge in [0.1, 0.15) is 5.69 Å². The molecule has 25 heavy (non-hydrogen) atoms. The van der Waals surface area contributed by atoms with Gasteiger partial charge in [0.15, 0.2) is 5.43 Å². The first-order valence-electron chi connectivity index (χ1n) is 8.72. The van der Waals surface area contributed by atoms with Crippen molar-refractivity contribution < 1.29 is 0 Å². The maximum absolute atomic E-state index is 12.9. The summed E-state index contributed by atoms with van der Waals surface area (Å²) in [5.74, 6) is 0.694. The summed E-state index contributed by atoms with van der Waals surface area (Å²) >= 11 is 1.76. The summed E-state index contributed by atoms with van der Waals surface area (Å²) < 4.78 is 1.03. The average molecular weight is 349 g/mol. The third kappa shape index (κ3) is 2.91. The monoisotopic (exact) mass is 349 g/mol. The third-order valence-corrected chi connectivity index (χ3v) is 6.43.